The van der Waals surface area contributed by atoms with Crippen LogP contribution in [0.1, 0.15) is 6.92 Å². The third kappa shape index (κ3) is 2.94. The van der Waals surface area contributed by atoms with Gasteiger partial charge in [-0.2, -0.15) is 0 Å². The molecule has 1 aromatic heterocycles. The monoisotopic (exact) mass is 177 g/mol. The van der Waals surface area contributed by atoms with Gasteiger partial charge >= 0.3 is 0 Å². The molecule has 1 heterocycles. The van der Waals surface area contributed by atoms with Crippen molar-refractivity contribution in [2.24, 2.45) is 0 Å². The highest BCUT2D eigenvalue weighted by Crippen LogP contribution is 2.06. The summed E-state index contributed by atoms with van der Waals surface area (Å²) in [5.74, 6) is 0.262. The number of nitrogens with one attached hydrogen (secondary N) is 1. The predicted molar refractivity (Wildman–Crippen MR) is 52.1 cm³/mol. The second-order valence-electron chi connectivity index (χ2n) is 2.46. The molecule has 4 nitrogen and oxygen atoms in total. The van der Waals surface area contributed by atoms with Crippen LogP contribution < -0.4 is 11.1 Å². The van der Waals surface area contributed by atoms with Crippen molar-refractivity contribution in [3.8, 4) is 0 Å². The van der Waals surface area contributed by atoms with Gasteiger partial charge in [-0.3, -0.25) is 4.79 Å². The maximum Gasteiger partial charge on any atom is 0.248 e. The number of amides is 1. The van der Waals surface area contributed by atoms with E-state index in [1.54, 1.807) is 25.1 Å². The number of rotatable bonds is 2. The summed E-state index contributed by atoms with van der Waals surface area (Å²) in [4.78, 5) is 14.9. The van der Waals surface area contributed by atoms with E-state index in [2.05, 4.69) is 10.3 Å². The predicted octanol–water partition coefficient (Wildman–Crippen LogP) is 1.18. The van der Waals surface area contributed by atoms with Crippen molar-refractivity contribution >= 4 is 17.4 Å². The topological polar surface area (TPSA) is 68.0 Å². The minimum absolute atomic E-state index is 0.172. The number of carbonyl (C=O) groups excluding carboxylic acids is 1. The number of hydrogen-bond acceptors (Lipinski definition) is 3. The molecule has 3 N–H and O–H groups in total. The van der Waals surface area contributed by atoms with Crippen molar-refractivity contribution < 1.29 is 4.79 Å². The lowest BCUT2D eigenvalue weighted by Crippen LogP contribution is -2.07. The Kier molecular flexibility index (Phi) is 3.03. The summed E-state index contributed by atoms with van der Waals surface area (Å²) >= 11 is 0. The van der Waals surface area contributed by atoms with Crippen LogP contribution in [-0.2, 0) is 4.79 Å². The molecule has 1 rings (SSSR count). The molecule has 0 radical (unpaired) electrons. The highest BCUT2D eigenvalue weighted by molar-refractivity contribution is 5.99. The molecule has 1 amide bonds. The van der Waals surface area contributed by atoms with E-state index in [-0.39, 0.29) is 5.91 Å². The molecule has 0 bridgehead atoms. The van der Waals surface area contributed by atoms with Gasteiger partial charge in [0, 0.05) is 0 Å². The Balaban J connectivity index is 2.64. The first-order valence-corrected chi connectivity index (χ1v) is 3.87. The second-order valence-corrected chi connectivity index (χ2v) is 2.46. The quantitative estimate of drug-likeness (QED) is 0.666. The molecule has 13 heavy (non-hydrogen) atoms. The number of carbonyl (C=O) groups is 1. The van der Waals surface area contributed by atoms with Crippen molar-refractivity contribution in [2.45, 2.75) is 6.92 Å². The molecule has 0 unspecified atom stereocenters. The van der Waals surface area contributed by atoms with Crippen LogP contribution >= 0.6 is 0 Å². The van der Waals surface area contributed by atoms with Gasteiger partial charge < -0.3 is 11.1 Å². The van der Waals surface area contributed by atoms with Gasteiger partial charge in [-0.05, 0) is 25.1 Å². The number of nitrogens with zero attached hydrogens (tertiary/aromatic N) is 1. The maximum atomic E-state index is 11.0. The molecule has 1 aromatic rings. The van der Waals surface area contributed by atoms with Crippen LogP contribution in [0.5, 0.6) is 0 Å². The van der Waals surface area contributed by atoms with Gasteiger partial charge in [0.25, 0.3) is 0 Å². The molecule has 0 saturated carbocycles. The number of anilines is 2. The third-order valence-corrected chi connectivity index (χ3v) is 1.37. The highest BCUT2D eigenvalue weighted by atomic mass is 16.1. The second kappa shape index (κ2) is 4.25. The SMILES string of the molecule is C/C=C/C(=O)Nc1ccc(N)nc1. The molecular weight excluding hydrogens is 166 g/mol. The van der Waals surface area contributed by atoms with E-state index in [0.29, 0.717) is 11.5 Å². The van der Waals surface area contributed by atoms with E-state index in [4.69, 9.17) is 5.73 Å². The van der Waals surface area contributed by atoms with E-state index < -0.39 is 0 Å². The molecule has 4 heteroatoms. The van der Waals surface area contributed by atoms with Crippen molar-refractivity contribution in [1.29, 1.82) is 0 Å². The molecule has 0 saturated heterocycles. The molecule has 0 aromatic carbocycles. The number of nitrogens with two attached hydrogens (primary N) is 1. The van der Waals surface area contributed by atoms with Gasteiger partial charge in [0.15, 0.2) is 0 Å². The standard InChI is InChI=1S/C9H11N3O/c1-2-3-9(13)12-7-4-5-8(10)11-6-7/h2-6H,1H3,(H2,10,11)(H,12,13)/b3-2+. The Morgan fingerprint density at radius 1 is 1.62 bits per heavy atom. The van der Waals surface area contributed by atoms with Crippen LogP contribution in [0, 0.1) is 0 Å². The summed E-state index contributed by atoms with van der Waals surface area (Å²) in [6, 6.07) is 3.33. The van der Waals surface area contributed by atoms with E-state index in [1.807, 2.05) is 0 Å². The molecule has 0 spiro atoms. The van der Waals surface area contributed by atoms with Crippen LogP contribution in [-0.4, -0.2) is 10.9 Å². The lowest BCUT2D eigenvalue weighted by Gasteiger charge is -2.00. The van der Waals surface area contributed by atoms with Gasteiger partial charge in [-0.15, -0.1) is 0 Å². The van der Waals surface area contributed by atoms with E-state index >= 15 is 0 Å². The minimum Gasteiger partial charge on any atom is -0.384 e. The largest absolute Gasteiger partial charge is 0.384 e. The summed E-state index contributed by atoms with van der Waals surface area (Å²) in [5.41, 5.74) is 6.01. The van der Waals surface area contributed by atoms with E-state index in [0.717, 1.165) is 0 Å². The van der Waals surface area contributed by atoms with E-state index in [1.165, 1.54) is 12.3 Å². The average Bonchev–Trinajstić information content (AvgIpc) is 2.09. The normalized spacial score (nSPS) is 10.2. The fraction of sp³-hybridized carbons (Fsp3) is 0.111. The molecule has 0 atom stereocenters. The van der Waals surface area contributed by atoms with Crippen LogP contribution in [0.4, 0.5) is 11.5 Å². The van der Waals surface area contributed by atoms with Gasteiger partial charge in [0.2, 0.25) is 5.91 Å². The zero-order valence-electron chi connectivity index (χ0n) is 7.32. The van der Waals surface area contributed by atoms with Crippen molar-refractivity contribution in [2.75, 3.05) is 11.1 Å². The Bertz CT molecular complexity index is 316. The summed E-state index contributed by atoms with van der Waals surface area (Å²) in [7, 11) is 0. The molecule has 0 fully saturated rings. The summed E-state index contributed by atoms with van der Waals surface area (Å²) in [6.07, 6.45) is 4.62. The van der Waals surface area contributed by atoms with Gasteiger partial charge in [-0.25, -0.2) is 4.98 Å². The van der Waals surface area contributed by atoms with Crippen LogP contribution in [0.3, 0.4) is 0 Å². The summed E-state index contributed by atoms with van der Waals surface area (Å²) in [5, 5.41) is 2.63. The first-order valence-electron chi connectivity index (χ1n) is 3.87. The summed E-state index contributed by atoms with van der Waals surface area (Å²) in [6.45, 7) is 1.78. The lowest BCUT2D eigenvalue weighted by molar-refractivity contribution is -0.111. The van der Waals surface area contributed by atoms with Crippen LogP contribution in [0.15, 0.2) is 30.5 Å². The van der Waals surface area contributed by atoms with Crippen molar-refractivity contribution in [3.05, 3.63) is 30.5 Å². The molecule has 0 aliphatic carbocycles. The van der Waals surface area contributed by atoms with E-state index in [9.17, 15) is 4.79 Å². The Labute approximate surface area is 76.5 Å². The zero-order valence-corrected chi connectivity index (χ0v) is 7.32. The van der Waals surface area contributed by atoms with Crippen molar-refractivity contribution in [1.82, 2.24) is 4.98 Å². The van der Waals surface area contributed by atoms with Crippen LogP contribution in [0.25, 0.3) is 0 Å². The number of aromatic nitrogens is 1. The number of nitrogen functional groups attached to an aromatic ring is 1. The fourth-order valence-corrected chi connectivity index (χ4v) is 0.815. The lowest BCUT2D eigenvalue weighted by atomic mass is 10.4. The number of allylic oxidation sites excluding steroid dienone is 1. The average molecular weight is 177 g/mol. The third-order valence-electron chi connectivity index (χ3n) is 1.37. The maximum absolute atomic E-state index is 11.0. The smallest absolute Gasteiger partial charge is 0.248 e. The Morgan fingerprint density at radius 2 is 2.38 bits per heavy atom. The molecular formula is C9H11N3O. The van der Waals surface area contributed by atoms with Gasteiger partial charge in [-0.1, -0.05) is 6.08 Å². The Hall–Kier alpha value is -1.84. The Morgan fingerprint density at radius 3 is 2.92 bits per heavy atom. The zero-order chi connectivity index (χ0) is 9.68. The highest BCUT2D eigenvalue weighted by Gasteiger charge is 1.96. The number of pyridine rings is 1. The fourth-order valence-electron chi connectivity index (χ4n) is 0.815. The number of hydrogen-bond donors (Lipinski definition) is 2. The van der Waals surface area contributed by atoms with Gasteiger partial charge in [0.05, 0.1) is 11.9 Å². The molecule has 0 aliphatic rings. The molecule has 0 aliphatic heterocycles. The first-order chi connectivity index (χ1) is 6.22. The minimum atomic E-state index is -0.172. The first kappa shape index (κ1) is 9.25. The van der Waals surface area contributed by atoms with Crippen LogP contribution in [0.2, 0.25) is 0 Å². The molecule has 68 valence electrons. The summed E-state index contributed by atoms with van der Waals surface area (Å²) < 4.78 is 0. The van der Waals surface area contributed by atoms with Crippen molar-refractivity contribution in [3.63, 3.8) is 0 Å². The van der Waals surface area contributed by atoms with Gasteiger partial charge in [0.1, 0.15) is 5.82 Å².